The van der Waals surface area contributed by atoms with Crippen LogP contribution in [0, 0.1) is 5.41 Å². The van der Waals surface area contributed by atoms with Crippen LogP contribution in [0.5, 0.6) is 5.75 Å². The molecule has 3 nitrogen and oxygen atoms in total. The Balaban J connectivity index is 2.03. The van der Waals surface area contributed by atoms with Crippen molar-refractivity contribution >= 4 is 15.9 Å². The second-order valence-corrected chi connectivity index (χ2v) is 6.97. The number of halogens is 1. The maximum absolute atomic E-state index is 5.50. The molecule has 0 spiro atoms. The van der Waals surface area contributed by atoms with Gasteiger partial charge in [-0.3, -0.25) is 0 Å². The van der Waals surface area contributed by atoms with Crippen molar-refractivity contribution in [1.82, 2.24) is 5.32 Å². The molecule has 3 unspecified atom stereocenters. The lowest BCUT2D eigenvalue weighted by molar-refractivity contribution is -0.0999. The molecule has 20 heavy (non-hydrogen) atoms. The molecule has 3 atom stereocenters. The fraction of sp³-hybridized carbons (Fsp3) is 0.625. The third kappa shape index (κ3) is 2.87. The van der Waals surface area contributed by atoms with Gasteiger partial charge < -0.3 is 14.8 Å². The lowest BCUT2D eigenvalue weighted by Crippen LogP contribution is -2.60. The minimum atomic E-state index is 0.187. The monoisotopic (exact) mass is 341 g/mol. The Labute approximate surface area is 130 Å². The van der Waals surface area contributed by atoms with E-state index in [4.69, 9.17) is 9.47 Å². The van der Waals surface area contributed by atoms with Gasteiger partial charge in [0.1, 0.15) is 5.75 Å². The first-order valence-corrected chi connectivity index (χ1v) is 7.81. The van der Waals surface area contributed by atoms with E-state index in [1.54, 1.807) is 14.2 Å². The molecule has 1 fully saturated rings. The minimum Gasteiger partial charge on any atom is -0.496 e. The molecular formula is C16H24BrNO2. The van der Waals surface area contributed by atoms with Crippen LogP contribution < -0.4 is 10.1 Å². The van der Waals surface area contributed by atoms with E-state index in [2.05, 4.69) is 54.2 Å². The number of hydrogen-bond donors (Lipinski definition) is 1. The standard InChI is InChI=1S/C16H24BrNO2/c1-10(11-6-7-13(19-4)12(17)8-11)18-14-9-15(20-5)16(14,2)3/h6-8,10,14-15,18H,9H2,1-5H3. The number of nitrogens with one attached hydrogen (secondary N) is 1. The van der Waals surface area contributed by atoms with Gasteiger partial charge in [0.25, 0.3) is 0 Å². The molecule has 0 radical (unpaired) electrons. The van der Waals surface area contributed by atoms with Crippen LogP contribution in [0.15, 0.2) is 22.7 Å². The molecular weight excluding hydrogens is 318 g/mol. The normalized spacial score (nSPS) is 25.9. The Bertz CT molecular complexity index is 476. The highest BCUT2D eigenvalue weighted by Gasteiger charge is 2.48. The maximum Gasteiger partial charge on any atom is 0.133 e. The van der Waals surface area contributed by atoms with E-state index in [9.17, 15) is 0 Å². The van der Waals surface area contributed by atoms with Crippen molar-refractivity contribution in [2.24, 2.45) is 5.41 Å². The topological polar surface area (TPSA) is 30.5 Å². The van der Waals surface area contributed by atoms with Crippen LogP contribution in [0.2, 0.25) is 0 Å². The predicted octanol–water partition coefficient (Wildman–Crippen LogP) is 3.92. The summed E-state index contributed by atoms with van der Waals surface area (Å²) in [6.07, 6.45) is 1.43. The Morgan fingerprint density at radius 3 is 2.55 bits per heavy atom. The molecule has 1 aliphatic rings. The smallest absolute Gasteiger partial charge is 0.133 e. The third-order valence-electron chi connectivity index (χ3n) is 4.59. The molecule has 1 aliphatic carbocycles. The van der Waals surface area contributed by atoms with Gasteiger partial charge in [0.2, 0.25) is 0 Å². The van der Waals surface area contributed by atoms with Crippen LogP contribution in [0.4, 0.5) is 0 Å². The molecule has 0 heterocycles. The molecule has 1 aromatic carbocycles. The minimum absolute atomic E-state index is 0.187. The number of methoxy groups -OCH3 is 2. The summed E-state index contributed by atoms with van der Waals surface area (Å²) >= 11 is 3.54. The molecule has 0 amide bonds. The fourth-order valence-electron chi connectivity index (χ4n) is 2.92. The molecule has 2 rings (SSSR count). The second kappa shape index (κ2) is 6.04. The Morgan fingerprint density at radius 1 is 1.35 bits per heavy atom. The van der Waals surface area contributed by atoms with Crippen molar-refractivity contribution in [2.45, 2.75) is 45.4 Å². The third-order valence-corrected chi connectivity index (χ3v) is 5.21. The number of rotatable bonds is 5. The van der Waals surface area contributed by atoms with Gasteiger partial charge in [-0.15, -0.1) is 0 Å². The molecule has 4 heteroatoms. The first-order valence-electron chi connectivity index (χ1n) is 7.02. The summed E-state index contributed by atoms with van der Waals surface area (Å²) in [7, 11) is 3.48. The summed E-state index contributed by atoms with van der Waals surface area (Å²) < 4.78 is 11.8. The zero-order valence-electron chi connectivity index (χ0n) is 12.9. The highest BCUT2D eigenvalue weighted by molar-refractivity contribution is 9.10. The van der Waals surface area contributed by atoms with E-state index < -0.39 is 0 Å². The van der Waals surface area contributed by atoms with E-state index in [0.717, 1.165) is 16.6 Å². The Kier molecular flexibility index (Phi) is 4.77. The Morgan fingerprint density at radius 2 is 2.05 bits per heavy atom. The molecule has 1 aromatic rings. The van der Waals surface area contributed by atoms with Gasteiger partial charge >= 0.3 is 0 Å². The first-order chi connectivity index (χ1) is 9.40. The molecule has 112 valence electrons. The van der Waals surface area contributed by atoms with Crippen LogP contribution in [0.1, 0.15) is 38.8 Å². The predicted molar refractivity (Wildman–Crippen MR) is 85.2 cm³/mol. The van der Waals surface area contributed by atoms with Gasteiger partial charge in [-0.25, -0.2) is 0 Å². The summed E-state index contributed by atoms with van der Waals surface area (Å²) in [5.74, 6) is 0.865. The molecule has 0 aromatic heterocycles. The molecule has 0 saturated heterocycles. The van der Waals surface area contributed by atoms with Crippen molar-refractivity contribution in [1.29, 1.82) is 0 Å². The van der Waals surface area contributed by atoms with E-state index >= 15 is 0 Å². The number of ether oxygens (including phenoxy) is 2. The van der Waals surface area contributed by atoms with Crippen molar-refractivity contribution in [3.05, 3.63) is 28.2 Å². The van der Waals surface area contributed by atoms with Crippen LogP contribution in [0.3, 0.4) is 0 Å². The van der Waals surface area contributed by atoms with Crippen molar-refractivity contribution in [2.75, 3.05) is 14.2 Å². The quantitative estimate of drug-likeness (QED) is 0.880. The van der Waals surface area contributed by atoms with Gasteiger partial charge in [-0.2, -0.15) is 0 Å². The molecule has 1 saturated carbocycles. The van der Waals surface area contributed by atoms with Gasteiger partial charge in [0.05, 0.1) is 17.7 Å². The van der Waals surface area contributed by atoms with Gasteiger partial charge in [-0.1, -0.05) is 19.9 Å². The average molecular weight is 342 g/mol. The zero-order valence-corrected chi connectivity index (χ0v) is 14.5. The summed E-state index contributed by atoms with van der Waals surface area (Å²) in [5.41, 5.74) is 1.45. The van der Waals surface area contributed by atoms with Crippen LogP contribution >= 0.6 is 15.9 Å². The second-order valence-electron chi connectivity index (χ2n) is 6.12. The van der Waals surface area contributed by atoms with Crippen molar-refractivity contribution in [3.63, 3.8) is 0 Å². The van der Waals surface area contributed by atoms with E-state index in [1.165, 1.54) is 5.56 Å². The lowest BCUT2D eigenvalue weighted by Gasteiger charge is -2.52. The highest BCUT2D eigenvalue weighted by atomic mass is 79.9. The highest BCUT2D eigenvalue weighted by Crippen LogP contribution is 2.43. The van der Waals surface area contributed by atoms with E-state index in [1.807, 2.05) is 6.07 Å². The Hall–Kier alpha value is -0.580. The summed E-state index contributed by atoms with van der Waals surface area (Å²) in [6, 6.07) is 7.03. The van der Waals surface area contributed by atoms with Gasteiger partial charge in [0, 0.05) is 24.6 Å². The van der Waals surface area contributed by atoms with Gasteiger partial charge in [-0.05, 0) is 47.0 Å². The van der Waals surface area contributed by atoms with E-state index in [0.29, 0.717) is 18.2 Å². The SMILES string of the molecule is COc1ccc(C(C)NC2CC(OC)C2(C)C)cc1Br. The molecule has 1 N–H and O–H groups in total. The number of benzene rings is 1. The summed E-state index contributed by atoms with van der Waals surface area (Å²) in [6.45, 7) is 6.72. The fourth-order valence-corrected chi connectivity index (χ4v) is 3.48. The van der Waals surface area contributed by atoms with E-state index in [-0.39, 0.29) is 5.41 Å². The summed E-state index contributed by atoms with van der Waals surface area (Å²) in [4.78, 5) is 0. The van der Waals surface area contributed by atoms with Gasteiger partial charge in [0.15, 0.2) is 0 Å². The van der Waals surface area contributed by atoms with Crippen LogP contribution in [0.25, 0.3) is 0 Å². The zero-order chi connectivity index (χ0) is 14.9. The van der Waals surface area contributed by atoms with Crippen LogP contribution in [-0.2, 0) is 4.74 Å². The van der Waals surface area contributed by atoms with Crippen LogP contribution in [-0.4, -0.2) is 26.4 Å². The maximum atomic E-state index is 5.50. The average Bonchev–Trinajstić information content (AvgIpc) is 2.42. The summed E-state index contributed by atoms with van der Waals surface area (Å²) in [5, 5.41) is 3.71. The van der Waals surface area contributed by atoms with Crippen molar-refractivity contribution in [3.8, 4) is 5.75 Å². The molecule has 0 bridgehead atoms. The molecule has 0 aliphatic heterocycles. The van der Waals surface area contributed by atoms with Crippen molar-refractivity contribution < 1.29 is 9.47 Å². The lowest BCUT2D eigenvalue weighted by atomic mass is 9.64. The first kappa shape index (κ1) is 15.8. The largest absolute Gasteiger partial charge is 0.496 e. The number of hydrogen-bond acceptors (Lipinski definition) is 3.